The Hall–Kier alpha value is -8.99. The molecule has 96 heavy (non-hydrogen) atoms. The van der Waals surface area contributed by atoms with Gasteiger partial charge in [-0.2, -0.15) is 0 Å². The standard InChI is InChI=1S/C29H30BrO4P.C16H13NO4.C15H12O3.C12H16O3.C2H6O.C2H5O.Li/c1-31-22-33-28-19-18-24(20-29(28)34-23-32-2)21-35(30,25-12-6-3-7-13-25,26-14-8-4-9-15-26)27-16-10-5-11-17-27;18-15-8-7-14(11-16(15)19)6-5-12-1-3-13(4-2-12)9-10-17(20)21;16-10-13-5-2-11(3-6-13)1-4-12-7-8-14(17)15(18)9-12;1-3-14-12(15-4-2)11-7-5-10(9-13)6-8-11;2*1-2-3;/h3-20H,21-23H2,1-2H3;1-11,18-19H;1-10,17-18H;5-9,12H,3-4H2,1-2H3;3H,2H2,1H3;2H2,1H3;/q;;;;;-1;+1/b;6-5+,10-9+;;;;;. The molecule has 5 N–H and O–H groups in total. The van der Waals surface area contributed by atoms with E-state index in [1.54, 1.807) is 82.7 Å². The molecule has 0 atom stereocenters. The van der Waals surface area contributed by atoms with Crippen LogP contribution in [0.4, 0.5) is 0 Å². The summed E-state index contributed by atoms with van der Waals surface area (Å²) in [5.74, 6) is 0.622. The van der Waals surface area contributed by atoms with E-state index in [9.17, 15) is 40.1 Å². The van der Waals surface area contributed by atoms with E-state index in [0.29, 0.717) is 35.8 Å². The Morgan fingerprint density at radius 3 is 1.18 bits per heavy atom. The Morgan fingerprint density at radius 1 is 0.479 bits per heavy atom. The summed E-state index contributed by atoms with van der Waals surface area (Å²) in [7, 11) is 3.20. The normalized spacial score (nSPS) is 11.0. The van der Waals surface area contributed by atoms with E-state index in [2.05, 4.69) is 113 Å². The number of halogens is 1. The van der Waals surface area contributed by atoms with Gasteiger partial charge in [-0.25, -0.2) is 0 Å². The molecule has 0 saturated heterocycles. The van der Waals surface area contributed by atoms with Gasteiger partial charge in [0.05, 0.1) is 4.92 Å². The number of phenolic OH excluding ortho intramolecular Hbond substituents is 4. The van der Waals surface area contributed by atoms with Crippen LogP contribution < -0.4 is 49.4 Å². The van der Waals surface area contributed by atoms with Gasteiger partial charge in [0, 0.05) is 42.6 Å². The van der Waals surface area contributed by atoms with Crippen molar-refractivity contribution >= 4 is 79.7 Å². The molecule has 500 valence electrons. The fourth-order valence-electron chi connectivity index (χ4n) is 8.91. The summed E-state index contributed by atoms with van der Waals surface area (Å²) in [6.45, 7) is 8.80. The van der Waals surface area contributed by atoms with Crippen LogP contribution in [0.1, 0.15) is 93.6 Å². The number of hydrogen-bond donors (Lipinski definition) is 5. The Kier molecular flexibility index (Phi) is 37.8. The number of carbonyl (C=O) groups is 2. The van der Waals surface area contributed by atoms with Crippen LogP contribution in [0, 0.1) is 10.1 Å². The first-order valence-electron chi connectivity index (χ1n) is 30.1. The van der Waals surface area contributed by atoms with E-state index in [4.69, 9.17) is 38.6 Å². The molecule has 0 heterocycles. The minimum atomic E-state index is -3.12. The number of nitro groups is 1. The molecule has 0 amide bonds. The van der Waals surface area contributed by atoms with Crippen molar-refractivity contribution in [3.8, 4) is 34.5 Å². The molecule has 17 nitrogen and oxygen atoms in total. The van der Waals surface area contributed by atoms with E-state index < -0.39 is 10.2 Å². The van der Waals surface area contributed by atoms with Gasteiger partial charge >= 0.3 is 235 Å². The Morgan fingerprint density at radius 2 is 0.823 bits per heavy atom. The summed E-state index contributed by atoms with van der Waals surface area (Å²) < 4.78 is 32.8. The van der Waals surface area contributed by atoms with Gasteiger partial charge in [0.1, 0.15) is 12.6 Å². The van der Waals surface area contributed by atoms with Gasteiger partial charge in [-0.3, -0.25) is 19.7 Å². The summed E-state index contributed by atoms with van der Waals surface area (Å²) in [4.78, 5) is 30.7. The number of hydrogen-bond acceptors (Lipinski definition) is 16. The second-order valence-electron chi connectivity index (χ2n) is 20.1. The zero-order chi connectivity index (χ0) is 69.3. The average molecular weight is 1380 g/mol. The van der Waals surface area contributed by atoms with Crippen LogP contribution in [0.15, 0.2) is 225 Å². The SMILES string of the molecule is CCO.CCOC(OCC)c1ccc(C=O)cc1.CC[O-].COCOc1ccc(CP(Br)(c2ccccc2)(c2ccccc2)c2ccccc2)cc1OCOC.O=Cc1ccc(C=Cc2ccc(O)c(O)c2)cc1.O=[N+]([O-])/C=C/c1ccc(/C=C/c2ccc(O)c(O)c2)cc1.[Li+]. The molecule has 0 fully saturated rings. The van der Waals surface area contributed by atoms with Gasteiger partial charge in [-0.05, 0) is 72.9 Å². The van der Waals surface area contributed by atoms with Crippen molar-refractivity contribution < 1.29 is 92.4 Å². The molecule has 0 bridgehead atoms. The number of phenols is 4. The van der Waals surface area contributed by atoms with Crippen molar-refractivity contribution in [1.29, 1.82) is 0 Å². The van der Waals surface area contributed by atoms with Gasteiger partial charge in [-0.1, -0.05) is 116 Å². The Labute approximate surface area is 582 Å². The molecule has 9 aromatic rings. The topological polar surface area (TPSA) is 257 Å². The predicted molar refractivity (Wildman–Crippen MR) is 382 cm³/mol. The van der Waals surface area contributed by atoms with Crippen LogP contribution in [0.3, 0.4) is 0 Å². The van der Waals surface area contributed by atoms with Crippen molar-refractivity contribution in [2.75, 3.05) is 54.2 Å². The number of aromatic hydroxyl groups is 4. The number of rotatable bonds is 24. The first-order chi connectivity index (χ1) is 46.0. The minimum absolute atomic E-state index is 0. The third kappa shape index (κ3) is 26.3. The molecular weight excluding hydrogens is 1300 g/mol. The summed E-state index contributed by atoms with van der Waals surface area (Å²) in [6.07, 6.45) is 11.7. The van der Waals surface area contributed by atoms with Gasteiger partial charge in [0.15, 0.2) is 29.3 Å². The fourth-order valence-corrected chi connectivity index (χ4v) is 16.6. The van der Waals surface area contributed by atoms with Gasteiger partial charge in [0.2, 0.25) is 6.20 Å². The molecule has 0 aliphatic heterocycles. The Bertz CT molecular complexity index is 3680. The van der Waals surface area contributed by atoms with Crippen molar-refractivity contribution in [3.63, 3.8) is 0 Å². The van der Waals surface area contributed by atoms with Crippen LogP contribution in [0.2, 0.25) is 0 Å². The van der Waals surface area contributed by atoms with Gasteiger partial charge in [0.25, 0.3) is 0 Å². The average Bonchev–Trinajstić information content (AvgIpc) is 0.706. The maximum atomic E-state index is 10.5. The molecule has 0 radical (unpaired) electrons. The first kappa shape index (κ1) is 81.2. The van der Waals surface area contributed by atoms with Crippen LogP contribution in [0.25, 0.3) is 30.4 Å². The molecule has 9 rings (SSSR count). The zero-order valence-electron chi connectivity index (χ0n) is 54.9. The summed E-state index contributed by atoms with van der Waals surface area (Å²) in [5, 5.41) is 64.5. The van der Waals surface area contributed by atoms with E-state index in [0.717, 1.165) is 63.9 Å². The van der Waals surface area contributed by atoms with E-state index >= 15 is 0 Å². The van der Waals surface area contributed by atoms with Crippen molar-refractivity contribution in [1.82, 2.24) is 0 Å². The molecule has 9 aromatic carbocycles. The van der Waals surface area contributed by atoms with Crippen molar-refractivity contribution in [2.45, 2.75) is 40.1 Å². The molecule has 0 aliphatic rings. The van der Waals surface area contributed by atoms with Gasteiger partial charge < -0.3 is 40.1 Å². The second-order valence-corrected chi connectivity index (χ2v) is 29.0. The molecule has 0 saturated carbocycles. The molecule has 20 heteroatoms. The minimum Gasteiger partial charge on any atom is -0.504 e. The third-order valence-corrected chi connectivity index (χ3v) is 22.9. The number of aldehydes is 2. The maximum absolute atomic E-state index is 10.5. The molecule has 0 spiro atoms. The second kappa shape index (κ2) is 44.6. The smallest absolute Gasteiger partial charge is 0.504 e. The Balaban J connectivity index is 0.000000340. The number of ether oxygens (including phenoxy) is 6. The number of aliphatic hydroxyl groups is 1. The third-order valence-electron chi connectivity index (χ3n) is 13.3. The quantitative estimate of drug-likeness (QED) is 0.00551. The van der Waals surface area contributed by atoms with Crippen molar-refractivity contribution in [2.24, 2.45) is 0 Å². The number of nitrogens with zero attached hydrogens (tertiary/aromatic N) is 1. The van der Waals surface area contributed by atoms with Crippen molar-refractivity contribution in [3.05, 3.63) is 285 Å². The largest absolute Gasteiger partial charge is 1.00 e. The van der Waals surface area contributed by atoms with E-state index in [-0.39, 0.29) is 74.9 Å². The van der Waals surface area contributed by atoms with Crippen LogP contribution in [-0.2, 0) is 25.1 Å². The molecule has 0 unspecified atom stereocenters. The summed E-state index contributed by atoms with van der Waals surface area (Å²) in [5.41, 5.74) is 7.49. The van der Waals surface area contributed by atoms with E-state index in [1.165, 1.54) is 46.3 Å². The molecule has 0 aliphatic carbocycles. The monoisotopic (exact) mass is 1380 g/mol. The zero-order valence-corrected chi connectivity index (χ0v) is 57.4. The van der Waals surface area contributed by atoms with Crippen LogP contribution in [0.5, 0.6) is 34.5 Å². The van der Waals surface area contributed by atoms with Crippen LogP contribution in [-0.4, -0.2) is 97.3 Å². The summed E-state index contributed by atoms with van der Waals surface area (Å²) in [6, 6.07) is 69.0. The maximum Gasteiger partial charge on any atom is 1.00 e. The number of carbonyl (C=O) groups excluding carboxylic acids is 2. The first-order valence-corrected chi connectivity index (χ1v) is 34.5. The number of aliphatic hydroxyl groups excluding tert-OH is 1. The van der Waals surface area contributed by atoms with E-state index in [1.807, 2.05) is 80.6 Å². The number of benzene rings is 9. The summed E-state index contributed by atoms with van der Waals surface area (Å²) >= 11 is 4.51. The molecule has 0 aromatic heterocycles. The fraction of sp³-hybridized carbons (Fsp3) is 0.184. The van der Waals surface area contributed by atoms with Crippen LogP contribution >= 0.6 is 20.8 Å². The van der Waals surface area contributed by atoms with Gasteiger partial charge in [-0.15, -0.1) is 6.61 Å². The molecular formula is C76H82BrLiNO16P. The number of methoxy groups -OCH3 is 2. The predicted octanol–water partition coefficient (Wildman–Crippen LogP) is 11.5.